The van der Waals surface area contributed by atoms with Crippen LogP contribution in [0.5, 0.6) is 0 Å². The summed E-state index contributed by atoms with van der Waals surface area (Å²) >= 11 is 0. The Bertz CT molecular complexity index is 340. The molecule has 1 saturated carbocycles. The van der Waals surface area contributed by atoms with Crippen LogP contribution in [0, 0.1) is 5.92 Å². The van der Waals surface area contributed by atoms with Gasteiger partial charge in [-0.1, -0.05) is 19.3 Å². The van der Waals surface area contributed by atoms with Crippen molar-refractivity contribution in [3.63, 3.8) is 0 Å². The molecule has 0 spiro atoms. The number of rotatable bonds is 8. The van der Waals surface area contributed by atoms with E-state index in [9.17, 15) is 8.42 Å². The quantitative estimate of drug-likeness (QED) is 0.519. The van der Waals surface area contributed by atoms with Crippen LogP contribution in [0.2, 0.25) is 0 Å². The first kappa shape index (κ1) is 16.9. The number of nitrogens with one attached hydrogen (secondary N) is 1. The Morgan fingerprint density at radius 1 is 1.32 bits per heavy atom. The van der Waals surface area contributed by atoms with Gasteiger partial charge in [-0.05, 0) is 32.1 Å². The lowest BCUT2D eigenvalue weighted by molar-refractivity contribution is -0.0181. The SMILES string of the molecule is CCOC(C1CCCCC1)C(CCS(C)(=O)=O)NN. The highest BCUT2D eigenvalue weighted by Gasteiger charge is 2.31. The minimum absolute atomic E-state index is 0.0250. The first-order valence-electron chi connectivity index (χ1n) is 7.23. The molecule has 19 heavy (non-hydrogen) atoms. The van der Waals surface area contributed by atoms with Gasteiger partial charge in [0.1, 0.15) is 9.84 Å². The van der Waals surface area contributed by atoms with E-state index in [0.29, 0.717) is 18.9 Å². The van der Waals surface area contributed by atoms with Crippen LogP contribution in [0.15, 0.2) is 0 Å². The smallest absolute Gasteiger partial charge is 0.147 e. The van der Waals surface area contributed by atoms with Gasteiger partial charge in [0, 0.05) is 18.9 Å². The summed E-state index contributed by atoms with van der Waals surface area (Å²) < 4.78 is 28.5. The second-order valence-corrected chi connectivity index (χ2v) is 7.77. The van der Waals surface area contributed by atoms with Crippen molar-refractivity contribution < 1.29 is 13.2 Å². The highest BCUT2D eigenvalue weighted by Crippen LogP contribution is 2.30. The third kappa shape index (κ3) is 6.21. The van der Waals surface area contributed by atoms with Gasteiger partial charge in [0.25, 0.3) is 0 Å². The average Bonchev–Trinajstić information content (AvgIpc) is 2.38. The molecule has 1 fully saturated rings. The summed E-state index contributed by atoms with van der Waals surface area (Å²) in [5.41, 5.74) is 2.77. The Hall–Kier alpha value is -0.170. The monoisotopic (exact) mass is 292 g/mol. The summed E-state index contributed by atoms with van der Waals surface area (Å²) in [5.74, 6) is 6.26. The zero-order valence-electron chi connectivity index (χ0n) is 12.1. The van der Waals surface area contributed by atoms with Gasteiger partial charge < -0.3 is 4.74 Å². The van der Waals surface area contributed by atoms with Crippen LogP contribution in [-0.2, 0) is 14.6 Å². The molecule has 0 amide bonds. The summed E-state index contributed by atoms with van der Waals surface area (Å²) in [6.45, 7) is 2.61. The molecular weight excluding hydrogens is 264 g/mol. The fraction of sp³-hybridized carbons (Fsp3) is 1.00. The van der Waals surface area contributed by atoms with Crippen LogP contribution in [-0.4, -0.2) is 39.2 Å². The van der Waals surface area contributed by atoms with E-state index in [4.69, 9.17) is 10.6 Å². The van der Waals surface area contributed by atoms with Gasteiger partial charge in [-0.15, -0.1) is 0 Å². The Labute approximate surface area is 117 Å². The largest absolute Gasteiger partial charge is 0.377 e. The molecule has 114 valence electrons. The molecule has 0 bridgehead atoms. The van der Waals surface area contributed by atoms with Crippen LogP contribution >= 0.6 is 0 Å². The fourth-order valence-corrected chi connectivity index (χ4v) is 3.60. The highest BCUT2D eigenvalue weighted by atomic mass is 32.2. The molecule has 5 nitrogen and oxygen atoms in total. The minimum Gasteiger partial charge on any atom is -0.377 e. The maximum atomic E-state index is 11.3. The van der Waals surface area contributed by atoms with Gasteiger partial charge in [0.15, 0.2) is 0 Å². The molecule has 3 N–H and O–H groups in total. The topological polar surface area (TPSA) is 81.4 Å². The van der Waals surface area contributed by atoms with E-state index in [-0.39, 0.29) is 17.9 Å². The molecule has 1 aliphatic carbocycles. The standard InChI is InChI=1S/C13H28N2O3S/c1-3-18-13(11-7-5-4-6-8-11)12(15-14)9-10-19(2,16)17/h11-13,15H,3-10,14H2,1-2H3. The van der Waals surface area contributed by atoms with Gasteiger partial charge in [-0.2, -0.15) is 0 Å². The lowest BCUT2D eigenvalue weighted by Crippen LogP contribution is -2.49. The molecule has 0 aromatic rings. The predicted octanol–water partition coefficient (Wildman–Crippen LogP) is 1.24. The number of nitrogens with two attached hydrogens (primary N) is 1. The number of hydrazine groups is 1. The zero-order chi connectivity index (χ0) is 14.3. The second kappa shape index (κ2) is 8.19. The van der Waals surface area contributed by atoms with Gasteiger partial charge in [0.05, 0.1) is 11.9 Å². The van der Waals surface area contributed by atoms with E-state index in [0.717, 1.165) is 12.8 Å². The molecule has 0 radical (unpaired) electrons. The zero-order valence-corrected chi connectivity index (χ0v) is 12.9. The van der Waals surface area contributed by atoms with Crippen LogP contribution in [0.25, 0.3) is 0 Å². The molecule has 0 aromatic heterocycles. The lowest BCUT2D eigenvalue weighted by atomic mass is 9.82. The fourth-order valence-electron chi connectivity index (χ4n) is 2.92. The molecule has 1 rings (SSSR count). The van der Waals surface area contributed by atoms with Crippen molar-refractivity contribution >= 4 is 9.84 Å². The Balaban J connectivity index is 2.64. The molecule has 0 saturated heterocycles. The molecular formula is C13H28N2O3S. The number of ether oxygens (including phenoxy) is 1. The van der Waals surface area contributed by atoms with E-state index >= 15 is 0 Å². The normalized spacial score (nSPS) is 21.2. The summed E-state index contributed by atoms with van der Waals surface area (Å²) in [7, 11) is -2.96. The highest BCUT2D eigenvalue weighted by molar-refractivity contribution is 7.90. The van der Waals surface area contributed by atoms with E-state index in [1.54, 1.807) is 0 Å². The van der Waals surface area contributed by atoms with Crippen molar-refractivity contribution in [1.82, 2.24) is 5.43 Å². The molecule has 2 unspecified atom stereocenters. The first-order chi connectivity index (χ1) is 8.98. The molecule has 6 heteroatoms. The van der Waals surface area contributed by atoms with E-state index in [1.807, 2.05) is 6.92 Å². The second-order valence-electron chi connectivity index (χ2n) is 5.51. The van der Waals surface area contributed by atoms with E-state index in [1.165, 1.54) is 25.5 Å². The van der Waals surface area contributed by atoms with Crippen molar-refractivity contribution in [2.45, 2.75) is 57.6 Å². The van der Waals surface area contributed by atoms with Gasteiger partial charge in [-0.25, -0.2) is 8.42 Å². The van der Waals surface area contributed by atoms with Gasteiger partial charge in [-0.3, -0.25) is 11.3 Å². The third-order valence-electron chi connectivity index (χ3n) is 3.88. The number of sulfone groups is 1. The molecule has 2 atom stereocenters. The van der Waals surface area contributed by atoms with Crippen molar-refractivity contribution in [2.24, 2.45) is 11.8 Å². The summed E-state index contributed by atoms with van der Waals surface area (Å²) in [6, 6.07) is -0.0854. The summed E-state index contributed by atoms with van der Waals surface area (Å²) in [4.78, 5) is 0. The molecule has 0 aromatic carbocycles. The maximum absolute atomic E-state index is 11.3. The number of hydrogen-bond acceptors (Lipinski definition) is 5. The van der Waals surface area contributed by atoms with E-state index in [2.05, 4.69) is 5.43 Å². The lowest BCUT2D eigenvalue weighted by Gasteiger charge is -2.35. The van der Waals surface area contributed by atoms with Crippen molar-refractivity contribution in [2.75, 3.05) is 18.6 Å². The Kier molecular flexibility index (Phi) is 7.28. The molecule has 1 aliphatic rings. The Morgan fingerprint density at radius 3 is 2.42 bits per heavy atom. The van der Waals surface area contributed by atoms with Crippen LogP contribution in [0.1, 0.15) is 45.4 Å². The minimum atomic E-state index is -2.96. The van der Waals surface area contributed by atoms with Crippen molar-refractivity contribution in [3.05, 3.63) is 0 Å². The van der Waals surface area contributed by atoms with Crippen molar-refractivity contribution in [3.8, 4) is 0 Å². The summed E-state index contributed by atoms with van der Waals surface area (Å²) in [6.07, 6.45) is 7.86. The molecule has 0 aliphatic heterocycles. The van der Waals surface area contributed by atoms with Gasteiger partial charge in [0.2, 0.25) is 0 Å². The van der Waals surface area contributed by atoms with Gasteiger partial charge >= 0.3 is 0 Å². The average molecular weight is 292 g/mol. The van der Waals surface area contributed by atoms with Crippen molar-refractivity contribution in [1.29, 1.82) is 0 Å². The van der Waals surface area contributed by atoms with Crippen LogP contribution in [0.4, 0.5) is 0 Å². The maximum Gasteiger partial charge on any atom is 0.147 e. The Morgan fingerprint density at radius 2 is 1.95 bits per heavy atom. The van der Waals surface area contributed by atoms with Crippen LogP contribution < -0.4 is 11.3 Å². The van der Waals surface area contributed by atoms with E-state index < -0.39 is 9.84 Å². The third-order valence-corrected chi connectivity index (χ3v) is 4.86. The predicted molar refractivity (Wildman–Crippen MR) is 77.4 cm³/mol. The first-order valence-corrected chi connectivity index (χ1v) is 9.29. The number of hydrogen-bond donors (Lipinski definition) is 2. The summed E-state index contributed by atoms with van der Waals surface area (Å²) in [5, 5.41) is 0. The van der Waals surface area contributed by atoms with Crippen LogP contribution in [0.3, 0.4) is 0 Å². The molecule has 0 heterocycles.